The summed E-state index contributed by atoms with van der Waals surface area (Å²) in [4.78, 5) is 0. The second-order valence-corrected chi connectivity index (χ2v) is 3.37. The SMILES string of the molecule is N#CC(O)c1cc(C(F)(F)F)cc(C(F)(F)F)c1. The van der Waals surface area contributed by atoms with Crippen molar-refractivity contribution >= 4 is 0 Å². The van der Waals surface area contributed by atoms with Gasteiger partial charge in [0.2, 0.25) is 0 Å². The van der Waals surface area contributed by atoms with Crippen molar-refractivity contribution in [3.63, 3.8) is 0 Å². The Hall–Kier alpha value is -1.75. The van der Waals surface area contributed by atoms with E-state index in [0.29, 0.717) is 12.1 Å². The molecular weight excluding hydrogens is 264 g/mol. The molecule has 0 saturated carbocycles. The highest BCUT2D eigenvalue weighted by Gasteiger charge is 2.37. The molecule has 1 aromatic rings. The smallest absolute Gasteiger partial charge is 0.374 e. The van der Waals surface area contributed by atoms with Crippen LogP contribution in [0.4, 0.5) is 26.3 Å². The fraction of sp³-hybridized carbons (Fsp3) is 0.300. The lowest BCUT2D eigenvalue weighted by Gasteiger charge is -2.14. The molecule has 18 heavy (non-hydrogen) atoms. The molecule has 0 amide bonds. The van der Waals surface area contributed by atoms with Gasteiger partial charge in [-0.05, 0) is 23.8 Å². The number of hydrogen-bond acceptors (Lipinski definition) is 2. The Morgan fingerprint density at radius 2 is 1.33 bits per heavy atom. The summed E-state index contributed by atoms with van der Waals surface area (Å²) in [5.41, 5.74) is -3.89. The van der Waals surface area contributed by atoms with Crippen LogP contribution in [-0.4, -0.2) is 5.11 Å². The van der Waals surface area contributed by atoms with Gasteiger partial charge >= 0.3 is 12.4 Å². The minimum atomic E-state index is -4.99. The van der Waals surface area contributed by atoms with Gasteiger partial charge in [0.1, 0.15) is 0 Å². The highest BCUT2D eigenvalue weighted by molar-refractivity contribution is 5.36. The summed E-state index contributed by atoms with van der Waals surface area (Å²) in [6, 6.07) is 1.70. The molecule has 1 aromatic carbocycles. The maximum Gasteiger partial charge on any atom is 0.416 e. The molecular formula is C10H5F6NO. The van der Waals surface area contributed by atoms with Crippen LogP contribution in [-0.2, 0) is 12.4 Å². The third kappa shape index (κ3) is 3.13. The Labute approximate surface area is 97.1 Å². The molecule has 2 nitrogen and oxygen atoms in total. The van der Waals surface area contributed by atoms with Crippen LogP contribution in [0.3, 0.4) is 0 Å². The third-order valence-corrected chi connectivity index (χ3v) is 2.05. The minimum Gasteiger partial charge on any atom is -0.374 e. The fourth-order valence-electron chi connectivity index (χ4n) is 1.21. The molecule has 0 radical (unpaired) electrons. The molecule has 0 fully saturated rings. The number of hydrogen-bond donors (Lipinski definition) is 1. The largest absolute Gasteiger partial charge is 0.416 e. The lowest BCUT2D eigenvalue weighted by Crippen LogP contribution is -2.12. The average molecular weight is 269 g/mol. The molecule has 0 aliphatic heterocycles. The molecule has 1 unspecified atom stereocenters. The first-order valence-electron chi connectivity index (χ1n) is 4.43. The number of benzene rings is 1. The minimum absolute atomic E-state index is 0.0758. The van der Waals surface area contributed by atoms with Gasteiger partial charge in [0.15, 0.2) is 6.10 Å². The van der Waals surface area contributed by atoms with Crippen LogP contribution < -0.4 is 0 Å². The average Bonchev–Trinajstić information content (AvgIpc) is 2.25. The molecule has 0 aromatic heterocycles. The van der Waals surface area contributed by atoms with Gasteiger partial charge in [-0.1, -0.05) is 0 Å². The Balaban J connectivity index is 3.45. The maximum atomic E-state index is 12.4. The Bertz CT molecular complexity index is 452. The highest BCUT2D eigenvalue weighted by Crippen LogP contribution is 2.37. The highest BCUT2D eigenvalue weighted by atomic mass is 19.4. The monoisotopic (exact) mass is 269 g/mol. The van der Waals surface area contributed by atoms with Gasteiger partial charge in [-0.25, -0.2) is 0 Å². The summed E-state index contributed by atoms with van der Waals surface area (Å²) >= 11 is 0. The van der Waals surface area contributed by atoms with Crippen molar-refractivity contribution < 1.29 is 31.4 Å². The predicted molar refractivity (Wildman–Crippen MR) is 47.0 cm³/mol. The van der Waals surface area contributed by atoms with E-state index in [-0.39, 0.29) is 6.07 Å². The summed E-state index contributed by atoms with van der Waals surface area (Å²) in [5.74, 6) is 0. The Morgan fingerprint density at radius 1 is 0.944 bits per heavy atom. The summed E-state index contributed by atoms with van der Waals surface area (Å²) in [6.45, 7) is 0. The third-order valence-electron chi connectivity index (χ3n) is 2.05. The van der Waals surface area contributed by atoms with Gasteiger partial charge in [-0.2, -0.15) is 31.6 Å². The molecule has 8 heteroatoms. The van der Waals surface area contributed by atoms with Crippen LogP contribution in [0.25, 0.3) is 0 Å². The molecule has 0 saturated heterocycles. The van der Waals surface area contributed by atoms with Gasteiger partial charge in [-0.3, -0.25) is 0 Å². The van der Waals surface area contributed by atoms with E-state index in [1.165, 1.54) is 0 Å². The van der Waals surface area contributed by atoms with E-state index in [9.17, 15) is 26.3 Å². The second-order valence-electron chi connectivity index (χ2n) is 3.37. The Morgan fingerprint density at radius 3 is 1.61 bits per heavy atom. The van der Waals surface area contributed by atoms with Crippen LogP contribution in [0.2, 0.25) is 0 Å². The van der Waals surface area contributed by atoms with E-state index >= 15 is 0 Å². The molecule has 98 valence electrons. The zero-order valence-corrected chi connectivity index (χ0v) is 8.47. The molecule has 1 N–H and O–H groups in total. The molecule has 0 spiro atoms. The van der Waals surface area contributed by atoms with Crippen molar-refractivity contribution in [2.24, 2.45) is 0 Å². The van der Waals surface area contributed by atoms with Crippen molar-refractivity contribution in [1.82, 2.24) is 0 Å². The van der Waals surface area contributed by atoms with Gasteiger partial charge in [-0.15, -0.1) is 0 Å². The van der Waals surface area contributed by atoms with Crippen molar-refractivity contribution in [3.8, 4) is 6.07 Å². The zero-order valence-electron chi connectivity index (χ0n) is 8.47. The first-order chi connectivity index (χ1) is 8.05. The first-order valence-corrected chi connectivity index (χ1v) is 4.43. The van der Waals surface area contributed by atoms with E-state index in [2.05, 4.69) is 0 Å². The fourth-order valence-corrected chi connectivity index (χ4v) is 1.21. The van der Waals surface area contributed by atoms with Crippen LogP contribution >= 0.6 is 0 Å². The number of alkyl halides is 6. The number of aliphatic hydroxyl groups is 1. The lowest BCUT2D eigenvalue weighted by molar-refractivity contribution is -0.143. The van der Waals surface area contributed by atoms with Gasteiger partial charge < -0.3 is 5.11 Å². The van der Waals surface area contributed by atoms with Gasteiger partial charge in [0.25, 0.3) is 0 Å². The van der Waals surface area contributed by atoms with Gasteiger partial charge in [0, 0.05) is 0 Å². The number of nitrogens with zero attached hydrogens (tertiary/aromatic N) is 1. The lowest BCUT2D eigenvalue weighted by atomic mass is 10.0. The molecule has 0 bridgehead atoms. The van der Waals surface area contributed by atoms with E-state index < -0.39 is 35.1 Å². The predicted octanol–water partition coefficient (Wildman–Crippen LogP) is 3.28. The Kier molecular flexibility index (Phi) is 3.57. The standard InChI is InChI=1S/C10H5F6NO/c11-9(12,13)6-1-5(8(18)4-17)2-7(3-6)10(14,15)16/h1-3,8,18H. The van der Waals surface area contributed by atoms with E-state index in [1.54, 1.807) is 0 Å². The molecule has 0 aliphatic rings. The zero-order chi connectivity index (χ0) is 14.1. The topological polar surface area (TPSA) is 44.0 Å². The van der Waals surface area contributed by atoms with Crippen LogP contribution in [0.5, 0.6) is 0 Å². The van der Waals surface area contributed by atoms with Crippen molar-refractivity contribution in [3.05, 3.63) is 34.9 Å². The molecule has 1 rings (SSSR count). The number of nitriles is 1. The molecule has 0 heterocycles. The summed E-state index contributed by atoms with van der Waals surface area (Å²) in [7, 11) is 0. The number of aliphatic hydroxyl groups excluding tert-OH is 1. The second kappa shape index (κ2) is 4.49. The van der Waals surface area contributed by atoms with E-state index in [4.69, 9.17) is 10.4 Å². The first kappa shape index (κ1) is 14.3. The van der Waals surface area contributed by atoms with Gasteiger partial charge in [0.05, 0.1) is 17.2 Å². The molecule has 0 aliphatic carbocycles. The van der Waals surface area contributed by atoms with Crippen molar-refractivity contribution in [2.45, 2.75) is 18.5 Å². The quantitative estimate of drug-likeness (QED) is 0.628. The van der Waals surface area contributed by atoms with E-state index in [1.807, 2.05) is 0 Å². The van der Waals surface area contributed by atoms with Crippen LogP contribution in [0, 0.1) is 11.3 Å². The van der Waals surface area contributed by atoms with E-state index in [0.717, 1.165) is 6.07 Å². The number of halogens is 6. The van der Waals surface area contributed by atoms with Crippen molar-refractivity contribution in [1.29, 1.82) is 5.26 Å². The summed E-state index contributed by atoms with van der Waals surface area (Å²) in [6.07, 6.45) is -12.0. The maximum absolute atomic E-state index is 12.4. The number of rotatable bonds is 1. The van der Waals surface area contributed by atoms with Crippen LogP contribution in [0.15, 0.2) is 18.2 Å². The summed E-state index contributed by atoms with van der Waals surface area (Å²) in [5, 5.41) is 17.3. The van der Waals surface area contributed by atoms with Crippen LogP contribution in [0.1, 0.15) is 22.8 Å². The molecule has 1 atom stereocenters. The van der Waals surface area contributed by atoms with Crippen molar-refractivity contribution in [2.75, 3.05) is 0 Å². The normalized spacial score (nSPS) is 14.1. The summed E-state index contributed by atoms with van der Waals surface area (Å²) < 4.78 is 74.2.